The highest BCUT2D eigenvalue weighted by molar-refractivity contribution is 9.10. The van der Waals surface area contributed by atoms with E-state index in [-0.39, 0.29) is 11.9 Å². The van der Waals surface area contributed by atoms with Gasteiger partial charge >= 0.3 is 0 Å². The molecule has 1 heterocycles. The smallest absolute Gasteiger partial charge is 0.247 e. The zero-order chi connectivity index (χ0) is 15.0. The molecule has 1 aliphatic heterocycles. The molecular weight excluding hydrogens is 332 g/mol. The van der Waals surface area contributed by atoms with Crippen LogP contribution in [0.5, 0.6) is 5.75 Å². The molecule has 1 saturated heterocycles. The second-order valence-corrected chi connectivity index (χ2v) is 5.84. The molecule has 0 aliphatic carbocycles. The van der Waals surface area contributed by atoms with E-state index < -0.39 is 6.04 Å². The zero-order valence-corrected chi connectivity index (χ0v) is 13.1. The molecule has 0 spiro atoms. The van der Waals surface area contributed by atoms with E-state index in [1.165, 1.54) is 0 Å². The van der Waals surface area contributed by atoms with Gasteiger partial charge in [0.2, 0.25) is 5.91 Å². The van der Waals surface area contributed by atoms with Crippen LogP contribution in [0.1, 0.15) is 11.6 Å². The number of carbonyl (C=O) groups excluding carboxylic acids is 1. The van der Waals surface area contributed by atoms with Crippen LogP contribution >= 0.6 is 15.9 Å². The Morgan fingerprint density at radius 2 is 1.71 bits per heavy atom. The number of amides is 1. The molecule has 21 heavy (non-hydrogen) atoms. The van der Waals surface area contributed by atoms with Crippen LogP contribution in [0.3, 0.4) is 0 Å². The average molecular weight is 347 g/mol. The number of nitrogens with zero attached hydrogens (tertiary/aromatic N) is 1. The summed E-state index contributed by atoms with van der Waals surface area (Å²) in [5.41, 5.74) is 7.85. The van der Waals surface area contributed by atoms with Crippen molar-refractivity contribution in [3.8, 4) is 5.75 Å². The maximum atomic E-state index is 12.1. The molecule has 2 aromatic carbocycles. The normalized spacial score (nSPS) is 21.1. The number of β-lactam (4-membered cyclic amide) rings is 1. The predicted molar refractivity (Wildman–Crippen MR) is 85.3 cm³/mol. The van der Waals surface area contributed by atoms with Gasteiger partial charge in [-0.1, -0.05) is 28.1 Å². The number of methoxy groups -OCH3 is 1. The molecule has 0 aromatic heterocycles. The van der Waals surface area contributed by atoms with Gasteiger partial charge in [-0.3, -0.25) is 4.79 Å². The molecule has 5 heteroatoms. The first-order chi connectivity index (χ1) is 10.1. The van der Waals surface area contributed by atoms with Gasteiger partial charge in [0.25, 0.3) is 0 Å². The first-order valence-electron chi connectivity index (χ1n) is 6.60. The standard InChI is InChI=1S/C16H15BrN2O2/c1-21-13-8-6-12(7-9-13)19-15(14(18)16(19)20)10-2-4-11(17)5-3-10/h2-9,14-15H,18H2,1H3/t14-,15+/m0/s1. The molecule has 2 aromatic rings. The van der Waals surface area contributed by atoms with Gasteiger partial charge in [0.1, 0.15) is 11.8 Å². The van der Waals surface area contributed by atoms with Crippen molar-refractivity contribution < 1.29 is 9.53 Å². The summed E-state index contributed by atoms with van der Waals surface area (Å²) in [5, 5.41) is 0. The van der Waals surface area contributed by atoms with Gasteiger partial charge in [-0.25, -0.2) is 0 Å². The molecule has 2 atom stereocenters. The number of benzene rings is 2. The molecule has 4 nitrogen and oxygen atoms in total. The second-order valence-electron chi connectivity index (χ2n) is 4.93. The molecule has 1 amide bonds. The number of halogens is 1. The maximum absolute atomic E-state index is 12.1. The number of hydrogen-bond acceptors (Lipinski definition) is 3. The maximum Gasteiger partial charge on any atom is 0.247 e. The highest BCUT2D eigenvalue weighted by Crippen LogP contribution is 2.38. The first-order valence-corrected chi connectivity index (χ1v) is 7.39. The molecule has 108 valence electrons. The van der Waals surface area contributed by atoms with E-state index in [0.29, 0.717) is 0 Å². The predicted octanol–water partition coefficient (Wildman–Crippen LogP) is 2.87. The summed E-state index contributed by atoms with van der Waals surface area (Å²) in [6.07, 6.45) is 0. The third-order valence-corrected chi connectivity index (χ3v) is 4.23. The molecule has 0 radical (unpaired) electrons. The van der Waals surface area contributed by atoms with Gasteiger partial charge in [0, 0.05) is 10.2 Å². The van der Waals surface area contributed by atoms with Gasteiger partial charge in [-0.2, -0.15) is 0 Å². The van der Waals surface area contributed by atoms with Crippen LogP contribution < -0.4 is 15.4 Å². The van der Waals surface area contributed by atoms with Crippen molar-refractivity contribution in [2.24, 2.45) is 5.73 Å². The van der Waals surface area contributed by atoms with Crippen LogP contribution in [0, 0.1) is 0 Å². The van der Waals surface area contributed by atoms with Crippen molar-refractivity contribution >= 4 is 27.5 Å². The minimum Gasteiger partial charge on any atom is -0.497 e. The molecular formula is C16H15BrN2O2. The van der Waals surface area contributed by atoms with Gasteiger partial charge in [0.05, 0.1) is 13.2 Å². The van der Waals surface area contributed by atoms with E-state index >= 15 is 0 Å². The number of ether oxygens (including phenoxy) is 1. The third-order valence-electron chi connectivity index (χ3n) is 3.70. The summed E-state index contributed by atoms with van der Waals surface area (Å²) in [4.78, 5) is 13.9. The highest BCUT2D eigenvalue weighted by Gasteiger charge is 2.46. The zero-order valence-electron chi connectivity index (χ0n) is 11.5. The Kier molecular flexibility index (Phi) is 3.69. The van der Waals surface area contributed by atoms with Crippen molar-refractivity contribution in [1.82, 2.24) is 0 Å². The summed E-state index contributed by atoms with van der Waals surface area (Å²) in [6.45, 7) is 0. The van der Waals surface area contributed by atoms with Crippen molar-refractivity contribution in [1.29, 1.82) is 0 Å². The molecule has 2 N–H and O–H groups in total. The van der Waals surface area contributed by atoms with Crippen LogP contribution in [-0.4, -0.2) is 19.1 Å². The monoisotopic (exact) mass is 346 g/mol. The number of rotatable bonds is 3. The lowest BCUT2D eigenvalue weighted by atomic mass is 9.88. The van der Waals surface area contributed by atoms with Crippen LogP contribution in [0.15, 0.2) is 53.0 Å². The number of nitrogens with two attached hydrogens (primary N) is 1. The topological polar surface area (TPSA) is 55.6 Å². The Labute approximate surface area is 131 Å². The van der Waals surface area contributed by atoms with Gasteiger partial charge in [0.15, 0.2) is 0 Å². The second kappa shape index (κ2) is 5.50. The largest absolute Gasteiger partial charge is 0.497 e. The average Bonchev–Trinajstić information content (AvgIpc) is 2.53. The molecule has 3 rings (SSSR count). The molecule has 1 fully saturated rings. The lowest BCUT2D eigenvalue weighted by molar-refractivity contribution is -0.126. The van der Waals surface area contributed by atoms with Crippen molar-refractivity contribution in [2.75, 3.05) is 12.0 Å². The first kappa shape index (κ1) is 14.1. The molecule has 0 bridgehead atoms. The summed E-state index contributed by atoms with van der Waals surface area (Å²) in [6, 6.07) is 14.7. The van der Waals surface area contributed by atoms with Crippen molar-refractivity contribution in [3.63, 3.8) is 0 Å². The summed E-state index contributed by atoms with van der Waals surface area (Å²) >= 11 is 3.41. The van der Waals surface area contributed by atoms with Crippen molar-refractivity contribution in [3.05, 3.63) is 58.6 Å². The van der Waals surface area contributed by atoms with Gasteiger partial charge < -0.3 is 15.4 Å². The Balaban J connectivity index is 1.92. The Hall–Kier alpha value is -1.85. The van der Waals surface area contributed by atoms with E-state index in [0.717, 1.165) is 21.5 Å². The quantitative estimate of drug-likeness (QED) is 0.869. The number of anilines is 1. The minimum absolute atomic E-state index is 0.0620. The number of hydrogen-bond donors (Lipinski definition) is 1. The van der Waals surface area contributed by atoms with E-state index in [4.69, 9.17) is 10.5 Å². The van der Waals surface area contributed by atoms with E-state index in [1.54, 1.807) is 12.0 Å². The van der Waals surface area contributed by atoms with Crippen LogP contribution in [0.2, 0.25) is 0 Å². The molecule has 0 saturated carbocycles. The Bertz CT molecular complexity index is 655. The molecule has 0 unspecified atom stereocenters. The summed E-state index contributed by atoms with van der Waals surface area (Å²) in [7, 11) is 1.62. The lowest BCUT2D eigenvalue weighted by Gasteiger charge is -2.45. The van der Waals surface area contributed by atoms with E-state index in [1.807, 2.05) is 48.5 Å². The Morgan fingerprint density at radius 1 is 1.10 bits per heavy atom. The van der Waals surface area contributed by atoms with Crippen LogP contribution in [-0.2, 0) is 4.79 Å². The fourth-order valence-corrected chi connectivity index (χ4v) is 2.82. The SMILES string of the molecule is COc1ccc(N2C(=O)[C@@H](N)[C@H]2c2ccc(Br)cc2)cc1. The van der Waals surface area contributed by atoms with E-state index in [2.05, 4.69) is 15.9 Å². The summed E-state index contributed by atoms with van der Waals surface area (Å²) < 4.78 is 6.14. The van der Waals surface area contributed by atoms with Crippen LogP contribution in [0.4, 0.5) is 5.69 Å². The fraction of sp³-hybridized carbons (Fsp3) is 0.188. The van der Waals surface area contributed by atoms with Crippen LogP contribution in [0.25, 0.3) is 0 Å². The lowest BCUT2D eigenvalue weighted by Crippen LogP contribution is -2.63. The third kappa shape index (κ3) is 2.43. The van der Waals surface area contributed by atoms with Gasteiger partial charge in [-0.15, -0.1) is 0 Å². The van der Waals surface area contributed by atoms with Crippen molar-refractivity contribution in [2.45, 2.75) is 12.1 Å². The fourth-order valence-electron chi connectivity index (χ4n) is 2.56. The van der Waals surface area contributed by atoms with Gasteiger partial charge in [-0.05, 0) is 42.0 Å². The molecule has 1 aliphatic rings. The Morgan fingerprint density at radius 3 is 2.29 bits per heavy atom. The number of carbonyl (C=O) groups is 1. The minimum atomic E-state index is -0.492. The highest BCUT2D eigenvalue weighted by atomic mass is 79.9. The van der Waals surface area contributed by atoms with E-state index in [9.17, 15) is 4.79 Å². The summed E-state index contributed by atoms with van der Waals surface area (Å²) in [5.74, 6) is 0.698.